The molecule has 0 unspecified atom stereocenters. The van der Waals surface area contributed by atoms with Gasteiger partial charge in [0.25, 0.3) is 0 Å². The van der Waals surface area contributed by atoms with Crippen molar-refractivity contribution in [3.63, 3.8) is 0 Å². The molecule has 0 atom stereocenters. The molecular formula is C21H37IN4O2. The van der Waals surface area contributed by atoms with Gasteiger partial charge in [-0.05, 0) is 51.7 Å². The van der Waals surface area contributed by atoms with E-state index in [0.29, 0.717) is 31.6 Å². The molecule has 1 aromatic carbocycles. The van der Waals surface area contributed by atoms with E-state index in [4.69, 9.17) is 10.5 Å². The van der Waals surface area contributed by atoms with E-state index in [9.17, 15) is 4.79 Å². The number of carbonyl (C=O) groups excluding carboxylic acids is 1. The van der Waals surface area contributed by atoms with Crippen molar-refractivity contribution >= 4 is 35.8 Å². The summed E-state index contributed by atoms with van der Waals surface area (Å²) in [5, 5.41) is 6.40. The summed E-state index contributed by atoms with van der Waals surface area (Å²) in [6, 6.07) is 6.18. The van der Waals surface area contributed by atoms with Gasteiger partial charge in [0.2, 0.25) is 5.91 Å². The molecule has 0 saturated carbocycles. The number of aliphatic imine (C=N–C) groups is 1. The van der Waals surface area contributed by atoms with Gasteiger partial charge < -0.3 is 21.1 Å². The number of guanidine groups is 1. The molecule has 6 nitrogen and oxygen atoms in total. The molecule has 0 bridgehead atoms. The Morgan fingerprint density at radius 2 is 1.96 bits per heavy atom. The van der Waals surface area contributed by atoms with E-state index in [-0.39, 0.29) is 29.9 Å². The number of aryl methyl sites for hydroxylation is 1. The summed E-state index contributed by atoms with van der Waals surface area (Å²) < 4.78 is 6.00. The van der Waals surface area contributed by atoms with Crippen molar-refractivity contribution < 1.29 is 9.53 Å². The van der Waals surface area contributed by atoms with Crippen LogP contribution in [-0.4, -0.2) is 31.6 Å². The Kier molecular flexibility index (Phi) is 12.2. The molecule has 1 aromatic rings. The minimum atomic E-state index is -0.648. The standard InChI is InChI=1S/C21H36N4O2.HI/c1-7-23-20(25-14-21(5,6)19(22)26)24-13-17-9-8-16(4)12-18(17)27-11-10-15(2)3;/h8-9,12,15H,7,10-11,13-14H2,1-6H3,(H2,22,26)(H2,23,24,25);1H. The number of hydrogen-bond donors (Lipinski definition) is 3. The van der Waals surface area contributed by atoms with Crippen molar-refractivity contribution in [2.45, 2.75) is 54.5 Å². The fourth-order valence-electron chi connectivity index (χ4n) is 2.23. The molecule has 28 heavy (non-hydrogen) atoms. The number of amides is 1. The highest BCUT2D eigenvalue weighted by Gasteiger charge is 2.24. The van der Waals surface area contributed by atoms with Crippen molar-refractivity contribution in [1.82, 2.24) is 10.6 Å². The van der Waals surface area contributed by atoms with Crippen LogP contribution in [0.5, 0.6) is 5.75 Å². The lowest BCUT2D eigenvalue weighted by Crippen LogP contribution is -2.46. The van der Waals surface area contributed by atoms with Crippen LogP contribution in [0.15, 0.2) is 23.2 Å². The van der Waals surface area contributed by atoms with Gasteiger partial charge >= 0.3 is 0 Å². The van der Waals surface area contributed by atoms with Crippen LogP contribution in [0.3, 0.4) is 0 Å². The van der Waals surface area contributed by atoms with Crippen LogP contribution in [0.2, 0.25) is 0 Å². The average Bonchev–Trinajstić information content (AvgIpc) is 2.58. The third-order valence-electron chi connectivity index (χ3n) is 4.29. The van der Waals surface area contributed by atoms with Gasteiger partial charge in [-0.2, -0.15) is 0 Å². The lowest BCUT2D eigenvalue weighted by molar-refractivity contribution is -0.125. The molecule has 0 fully saturated rings. The minimum Gasteiger partial charge on any atom is -0.493 e. The molecular weight excluding hydrogens is 467 g/mol. The van der Waals surface area contributed by atoms with E-state index in [0.717, 1.165) is 29.8 Å². The molecule has 1 rings (SSSR count). The topological polar surface area (TPSA) is 88.7 Å². The molecule has 0 aromatic heterocycles. The predicted octanol–water partition coefficient (Wildman–Crippen LogP) is 3.60. The van der Waals surface area contributed by atoms with Crippen LogP contribution in [0, 0.1) is 18.3 Å². The predicted molar refractivity (Wildman–Crippen MR) is 127 cm³/mol. The third kappa shape index (κ3) is 9.61. The first kappa shape index (κ1) is 26.5. The summed E-state index contributed by atoms with van der Waals surface area (Å²) in [4.78, 5) is 16.1. The smallest absolute Gasteiger partial charge is 0.224 e. The van der Waals surface area contributed by atoms with Crippen LogP contribution in [-0.2, 0) is 11.3 Å². The highest BCUT2D eigenvalue weighted by Crippen LogP contribution is 2.22. The van der Waals surface area contributed by atoms with Crippen molar-refractivity contribution in [1.29, 1.82) is 0 Å². The summed E-state index contributed by atoms with van der Waals surface area (Å²) in [6.45, 7) is 14.4. The second-order valence-corrected chi connectivity index (χ2v) is 7.94. The van der Waals surface area contributed by atoms with E-state index in [1.54, 1.807) is 0 Å². The average molecular weight is 504 g/mol. The molecule has 1 amide bonds. The van der Waals surface area contributed by atoms with Gasteiger partial charge in [0.15, 0.2) is 5.96 Å². The van der Waals surface area contributed by atoms with Gasteiger partial charge in [0.1, 0.15) is 5.75 Å². The lowest BCUT2D eigenvalue weighted by Gasteiger charge is -2.22. The maximum atomic E-state index is 11.5. The van der Waals surface area contributed by atoms with Gasteiger partial charge in [0, 0.05) is 18.7 Å². The fourth-order valence-corrected chi connectivity index (χ4v) is 2.23. The highest BCUT2D eigenvalue weighted by atomic mass is 127. The molecule has 7 heteroatoms. The quantitative estimate of drug-likeness (QED) is 0.258. The van der Waals surface area contributed by atoms with Crippen LogP contribution in [0.1, 0.15) is 52.2 Å². The Balaban J connectivity index is 0.00000729. The number of nitrogens with one attached hydrogen (secondary N) is 2. The second kappa shape index (κ2) is 12.9. The van der Waals surface area contributed by atoms with Gasteiger partial charge in [0.05, 0.1) is 18.6 Å². The first-order valence-electron chi connectivity index (χ1n) is 9.70. The molecule has 0 saturated heterocycles. The molecule has 160 valence electrons. The summed E-state index contributed by atoms with van der Waals surface area (Å²) in [7, 11) is 0. The van der Waals surface area contributed by atoms with Crippen molar-refractivity contribution in [3.05, 3.63) is 29.3 Å². The summed E-state index contributed by atoms with van der Waals surface area (Å²) in [5.74, 6) is 1.80. The number of carbonyl (C=O) groups is 1. The number of nitrogens with zero attached hydrogens (tertiary/aromatic N) is 1. The number of primary amides is 1. The van der Waals surface area contributed by atoms with E-state index in [1.807, 2.05) is 20.8 Å². The van der Waals surface area contributed by atoms with E-state index in [1.165, 1.54) is 0 Å². The zero-order valence-electron chi connectivity index (χ0n) is 18.1. The maximum absolute atomic E-state index is 11.5. The number of halogens is 1. The van der Waals surface area contributed by atoms with Crippen LogP contribution in [0.25, 0.3) is 0 Å². The first-order chi connectivity index (χ1) is 12.7. The molecule has 0 aliphatic rings. The Morgan fingerprint density at radius 3 is 2.54 bits per heavy atom. The largest absolute Gasteiger partial charge is 0.493 e. The number of ether oxygens (including phenoxy) is 1. The zero-order chi connectivity index (χ0) is 20.4. The SMILES string of the molecule is CCNC(=NCc1ccc(C)cc1OCCC(C)C)NCC(C)(C)C(N)=O.I. The van der Waals surface area contributed by atoms with E-state index >= 15 is 0 Å². The highest BCUT2D eigenvalue weighted by molar-refractivity contribution is 14.0. The molecule has 0 heterocycles. The number of hydrogen-bond acceptors (Lipinski definition) is 3. The van der Waals surface area contributed by atoms with Gasteiger partial charge in [-0.15, -0.1) is 24.0 Å². The summed E-state index contributed by atoms with van der Waals surface area (Å²) in [5.41, 5.74) is 6.99. The van der Waals surface area contributed by atoms with Crippen molar-refractivity contribution in [2.24, 2.45) is 22.1 Å². The van der Waals surface area contributed by atoms with Gasteiger partial charge in [-0.1, -0.05) is 26.0 Å². The van der Waals surface area contributed by atoms with Crippen LogP contribution < -0.4 is 21.1 Å². The zero-order valence-corrected chi connectivity index (χ0v) is 20.4. The third-order valence-corrected chi connectivity index (χ3v) is 4.29. The molecule has 4 N–H and O–H groups in total. The van der Waals surface area contributed by atoms with Crippen LogP contribution in [0.4, 0.5) is 0 Å². The Bertz CT molecular complexity index is 645. The van der Waals surface area contributed by atoms with Gasteiger partial charge in [-0.3, -0.25) is 4.79 Å². The van der Waals surface area contributed by atoms with E-state index < -0.39 is 5.41 Å². The van der Waals surface area contributed by atoms with E-state index in [2.05, 4.69) is 54.6 Å². The Labute approximate surface area is 187 Å². The number of nitrogens with two attached hydrogens (primary N) is 1. The number of benzene rings is 1. The first-order valence-corrected chi connectivity index (χ1v) is 9.70. The van der Waals surface area contributed by atoms with Crippen molar-refractivity contribution in [2.75, 3.05) is 19.7 Å². The summed E-state index contributed by atoms with van der Waals surface area (Å²) in [6.07, 6.45) is 1.02. The lowest BCUT2D eigenvalue weighted by atomic mass is 9.93. The summed E-state index contributed by atoms with van der Waals surface area (Å²) >= 11 is 0. The minimum absolute atomic E-state index is 0. The van der Waals surface area contributed by atoms with Crippen LogP contribution >= 0.6 is 24.0 Å². The van der Waals surface area contributed by atoms with Crippen molar-refractivity contribution in [3.8, 4) is 5.75 Å². The molecule has 0 radical (unpaired) electrons. The maximum Gasteiger partial charge on any atom is 0.224 e. The Morgan fingerprint density at radius 1 is 1.29 bits per heavy atom. The molecule has 0 aliphatic carbocycles. The Hall–Kier alpha value is -1.51. The number of rotatable bonds is 10. The molecule has 0 spiro atoms. The van der Waals surface area contributed by atoms with Gasteiger partial charge in [-0.25, -0.2) is 4.99 Å². The fraction of sp³-hybridized carbons (Fsp3) is 0.619. The second-order valence-electron chi connectivity index (χ2n) is 7.94. The normalized spacial score (nSPS) is 11.8. The monoisotopic (exact) mass is 504 g/mol. The molecule has 0 aliphatic heterocycles.